The lowest BCUT2D eigenvalue weighted by Gasteiger charge is -2.37. The monoisotopic (exact) mass is 275 g/mol. The van der Waals surface area contributed by atoms with E-state index in [1.807, 2.05) is 18.2 Å². The van der Waals surface area contributed by atoms with Gasteiger partial charge in [0.15, 0.2) is 0 Å². The van der Waals surface area contributed by atoms with E-state index in [1.54, 1.807) is 0 Å². The van der Waals surface area contributed by atoms with Gasteiger partial charge >= 0.3 is 0 Å². The number of para-hydroxylation sites is 1. The Balaban J connectivity index is 1.78. The van der Waals surface area contributed by atoms with Gasteiger partial charge in [-0.15, -0.1) is 0 Å². The number of likely N-dealkylation sites (N-methyl/N-ethyl adjacent to an activating group) is 1. The van der Waals surface area contributed by atoms with Crippen molar-refractivity contribution in [3.63, 3.8) is 0 Å². The van der Waals surface area contributed by atoms with Crippen molar-refractivity contribution in [1.29, 1.82) is 0 Å². The number of hydrogen-bond acceptors (Lipinski definition) is 5. The number of oxime groups is 1. The fraction of sp³-hybridized carbons (Fsp3) is 0.533. The smallest absolute Gasteiger partial charge is 0.0906 e. The normalized spacial score (nSPS) is 25.8. The average Bonchev–Trinajstić information content (AvgIpc) is 2.48. The van der Waals surface area contributed by atoms with Crippen LogP contribution in [0.3, 0.4) is 0 Å². The van der Waals surface area contributed by atoms with E-state index < -0.39 is 0 Å². The van der Waals surface area contributed by atoms with Crippen LogP contribution in [0, 0.1) is 0 Å². The number of nitrogens with zero attached hydrogens (tertiary/aromatic N) is 3. The topological polar surface area (TPSA) is 48.3 Å². The van der Waals surface area contributed by atoms with Crippen LogP contribution >= 0.6 is 0 Å². The molecule has 1 saturated heterocycles. The number of benzene rings is 1. The highest BCUT2D eigenvalue weighted by Gasteiger charge is 2.26. The first-order valence-electron chi connectivity index (χ1n) is 7.13. The molecular formula is C15H21N3O2. The molecule has 5 heteroatoms. The minimum atomic E-state index is 0.245. The van der Waals surface area contributed by atoms with E-state index in [0.717, 1.165) is 56.2 Å². The molecule has 1 unspecified atom stereocenters. The number of ether oxygens (including phenoxy) is 1. The highest BCUT2D eigenvalue weighted by molar-refractivity contribution is 6.06. The van der Waals surface area contributed by atoms with Crippen molar-refractivity contribution >= 4 is 11.4 Å². The second kappa shape index (κ2) is 5.81. The van der Waals surface area contributed by atoms with E-state index in [2.05, 4.69) is 28.1 Å². The third-order valence-corrected chi connectivity index (χ3v) is 4.06. The SMILES string of the molecule is CN1CCOC(CN2CCC(=NO)c3ccccc32)C1. The molecule has 1 aromatic rings. The second-order valence-corrected chi connectivity index (χ2v) is 5.51. The Labute approximate surface area is 119 Å². The van der Waals surface area contributed by atoms with Crippen LogP contribution in [0.2, 0.25) is 0 Å². The van der Waals surface area contributed by atoms with Gasteiger partial charge in [0.05, 0.1) is 18.4 Å². The number of fused-ring (bicyclic) bond motifs is 1. The number of hydrogen-bond donors (Lipinski definition) is 1. The summed E-state index contributed by atoms with van der Waals surface area (Å²) >= 11 is 0. The molecule has 0 aromatic heterocycles. The Bertz CT molecular complexity index is 504. The van der Waals surface area contributed by atoms with E-state index in [4.69, 9.17) is 9.94 Å². The van der Waals surface area contributed by atoms with Crippen LogP contribution in [-0.2, 0) is 4.74 Å². The van der Waals surface area contributed by atoms with Crippen LogP contribution in [0.5, 0.6) is 0 Å². The highest BCUT2D eigenvalue weighted by Crippen LogP contribution is 2.27. The van der Waals surface area contributed by atoms with E-state index in [0.29, 0.717) is 0 Å². The second-order valence-electron chi connectivity index (χ2n) is 5.51. The molecule has 0 amide bonds. The van der Waals surface area contributed by atoms with Crippen LogP contribution in [0.4, 0.5) is 5.69 Å². The average molecular weight is 275 g/mol. The number of morpholine rings is 1. The van der Waals surface area contributed by atoms with Crippen molar-refractivity contribution in [2.24, 2.45) is 5.16 Å². The van der Waals surface area contributed by atoms with Crippen molar-refractivity contribution < 1.29 is 9.94 Å². The molecule has 0 radical (unpaired) electrons. The van der Waals surface area contributed by atoms with Crippen LogP contribution in [0.25, 0.3) is 0 Å². The molecule has 1 fully saturated rings. The predicted octanol–water partition coefficient (Wildman–Crippen LogP) is 1.41. The minimum Gasteiger partial charge on any atom is -0.411 e. The maximum absolute atomic E-state index is 9.12. The summed E-state index contributed by atoms with van der Waals surface area (Å²) in [5.41, 5.74) is 2.95. The van der Waals surface area contributed by atoms with Gasteiger partial charge in [0.25, 0.3) is 0 Å². The summed E-state index contributed by atoms with van der Waals surface area (Å²) in [7, 11) is 2.14. The van der Waals surface area contributed by atoms with Crippen molar-refractivity contribution in [1.82, 2.24) is 4.90 Å². The molecule has 108 valence electrons. The first-order valence-corrected chi connectivity index (χ1v) is 7.13. The molecule has 1 aromatic carbocycles. The van der Waals surface area contributed by atoms with E-state index >= 15 is 0 Å². The quantitative estimate of drug-likeness (QED) is 0.655. The van der Waals surface area contributed by atoms with Crippen molar-refractivity contribution in [3.8, 4) is 0 Å². The van der Waals surface area contributed by atoms with Gasteiger partial charge in [-0.1, -0.05) is 23.4 Å². The molecule has 2 aliphatic rings. The van der Waals surface area contributed by atoms with Gasteiger partial charge in [-0.05, 0) is 13.1 Å². The number of anilines is 1. The van der Waals surface area contributed by atoms with Crippen molar-refractivity contribution in [3.05, 3.63) is 29.8 Å². The Hall–Kier alpha value is -1.59. The van der Waals surface area contributed by atoms with Gasteiger partial charge in [-0.25, -0.2) is 0 Å². The Morgan fingerprint density at radius 1 is 1.35 bits per heavy atom. The molecule has 3 rings (SSSR count). The molecule has 1 N–H and O–H groups in total. The summed E-state index contributed by atoms with van der Waals surface area (Å²) in [5.74, 6) is 0. The lowest BCUT2D eigenvalue weighted by atomic mass is 9.99. The van der Waals surface area contributed by atoms with E-state index in [-0.39, 0.29) is 6.10 Å². The van der Waals surface area contributed by atoms with Gasteiger partial charge in [-0.3, -0.25) is 0 Å². The van der Waals surface area contributed by atoms with Crippen LogP contribution in [-0.4, -0.2) is 61.8 Å². The largest absolute Gasteiger partial charge is 0.411 e. The van der Waals surface area contributed by atoms with Gasteiger partial charge in [0.2, 0.25) is 0 Å². The lowest BCUT2D eigenvalue weighted by Crippen LogP contribution is -2.47. The van der Waals surface area contributed by atoms with Gasteiger partial charge in [-0.2, -0.15) is 0 Å². The maximum atomic E-state index is 9.12. The maximum Gasteiger partial charge on any atom is 0.0906 e. The Morgan fingerprint density at radius 3 is 3.00 bits per heavy atom. The number of rotatable bonds is 2. The molecule has 5 nitrogen and oxygen atoms in total. The summed E-state index contributed by atoms with van der Waals surface area (Å²) in [6.07, 6.45) is 1.02. The molecule has 2 aliphatic heterocycles. The fourth-order valence-electron chi connectivity index (χ4n) is 3.01. The summed E-state index contributed by atoms with van der Waals surface area (Å²) < 4.78 is 5.86. The highest BCUT2D eigenvalue weighted by atomic mass is 16.5. The molecule has 20 heavy (non-hydrogen) atoms. The molecule has 0 spiro atoms. The van der Waals surface area contributed by atoms with Gasteiger partial charge in [0.1, 0.15) is 0 Å². The van der Waals surface area contributed by atoms with Gasteiger partial charge < -0.3 is 19.7 Å². The van der Waals surface area contributed by atoms with Crippen molar-refractivity contribution in [2.75, 3.05) is 44.7 Å². The summed E-state index contributed by atoms with van der Waals surface area (Å²) in [6, 6.07) is 8.12. The zero-order chi connectivity index (χ0) is 13.9. The Morgan fingerprint density at radius 2 is 2.20 bits per heavy atom. The minimum absolute atomic E-state index is 0.245. The standard InChI is InChI=1S/C15H21N3O2/c1-17-8-9-20-12(10-17)11-18-7-6-14(16-19)13-4-2-3-5-15(13)18/h2-5,12,19H,6-11H2,1H3. The lowest BCUT2D eigenvalue weighted by molar-refractivity contribution is -0.0147. The van der Waals surface area contributed by atoms with Crippen LogP contribution in [0.15, 0.2) is 29.4 Å². The van der Waals surface area contributed by atoms with Crippen LogP contribution in [0.1, 0.15) is 12.0 Å². The van der Waals surface area contributed by atoms with E-state index in [1.165, 1.54) is 0 Å². The molecule has 0 saturated carbocycles. The first-order chi connectivity index (χ1) is 9.78. The fourth-order valence-corrected chi connectivity index (χ4v) is 3.01. The van der Waals surface area contributed by atoms with Crippen LogP contribution < -0.4 is 4.90 Å². The molecule has 2 heterocycles. The zero-order valence-electron chi connectivity index (χ0n) is 11.8. The molecule has 0 bridgehead atoms. The molecule has 0 aliphatic carbocycles. The first kappa shape index (κ1) is 13.4. The Kier molecular flexibility index (Phi) is 3.89. The predicted molar refractivity (Wildman–Crippen MR) is 78.8 cm³/mol. The molecule has 1 atom stereocenters. The summed E-state index contributed by atoms with van der Waals surface area (Å²) in [6.45, 7) is 4.55. The van der Waals surface area contributed by atoms with E-state index in [9.17, 15) is 0 Å². The van der Waals surface area contributed by atoms with Crippen molar-refractivity contribution in [2.45, 2.75) is 12.5 Å². The third-order valence-electron chi connectivity index (χ3n) is 4.06. The summed E-state index contributed by atoms with van der Waals surface area (Å²) in [5, 5.41) is 12.6. The zero-order valence-corrected chi connectivity index (χ0v) is 11.8. The molecular weight excluding hydrogens is 254 g/mol. The summed E-state index contributed by atoms with van der Waals surface area (Å²) in [4.78, 5) is 4.65. The third kappa shape index (κ3) is 2.64. The van der Waals surface area contributed by atoms with Gasteiger partial charge in [0, 0.05) is 43.9 Å².